The van der Waals surface area contributed by atoms with Crippen molar-refractivity contribution in [3.05, 3.63) is 53.9 Å². The molecule has 4 heteroatoms. The first-order valence-electron chi connectivity index (χ1n) is 6.76. The smallest absolute Gasteiger partial charge is 0.257 e. The van der Waals surface area contributed by atoms with E-state index in [1.807, 2.05) is 31.2 Å². The maximum Gasteiger partial charge on any atom is 0.257 e. The zero-order chi connectivity index (χ0) is 14.4. The van der Waals surface area contributed by atoms with Gasteiger partial charge in [0.2, 0.25) is 0 Å². The first-order chi connectivity index (χ1) is 9.70. The molecule has 0 atom stereocenters. The van der Waals surface area contributed by atoms with Gasteiger partial charge in [-0.25, -0.2) is 0 Å². The van der Waals surface area contributed by atoms with Crippen LogP contribution >= 0.6 is 0 Å². The fourth-order valence-corrected chi connectivity index (χ4v) is 1.83. The summed E-state index contributed by atoms with van der Waals surface area (Å²) in [4.78, 5) is 16.4. The summed E-state index contributed by atoms with van der Waals surface area (Å²) in [7, 11) is 0. The Kier molecular flexibility index (Phi) is 4.71. The molecule has 2 rings (SSSR count). The molecule has 104 valence electrons. The molecule has 1 aromatic carbocycles. The van der Waals surface area contributed by atoms with E-state index < -0.39 is 0 Å². The highest BCUT2D eigenvalue weighted by molar-refractivity contribution is 6.07. The number of rotatable bonds is 5. The van der Waals surface area contributed by atoms with E-state index in [-0.39, 0.29) is 5.91 Å². The van der Waals surface area contributed by atoms with Gasteiger partial charge in [-0.1, -0.05) is 24.6 Å². The van der Waals surface area contributed by atoms with Gasteiger partial charge in [0.1, 0.15) is 0 Å². The molecule has 2 N–H and O–H groups in total. The van der Waals surface area contributed by atoms with Crippen LogP contribution in [0, 0.1) is 6.92 Å². The van der Waals surface area contributed by atoms with Crippen LogP contribution in [0.25, 0.3) is 0 Å². The molecule has 1 aromatic heterocycles. The molecule has 0 fully saturated rings. The van der Waals surface area contributed by atoms with Crippen LogP contribution in [-0.2, 0) is 0 Å². The number of nitrogens with one attached hydrogen (secondary N) is 2. The molecule has 2 aromatic rings. The second-order valence-corrected chi connectivity index (χ2v) is 4.67. The molecule has 0 saturated carbocycles. The molecule has 0 aliphatic carbocycles. The summed E-state index contributed by atoms with van der Waals surface area (Å²) in [6, 6.07) is 9.46. The number of aryl methyl sites for hydroxylation is 1. The molecular formula is C16H19N3O. The minimum absolute atomic E-state index is 0.130. The standard InChI is InChI=1S/C16H19N3O/c1-3-9-18-15-11-17-10-8-14(15)16(20)19-13-6-4-12(2)5-7-13/h4-8,10-11,18H,3,9H2,1-2H3,(H,19,20). The largest absolute Gasteiger partial charge is 0.383 e. The lowest BCUT2D eigenvalue weighted by Gasteiger charge is -2.11. The van der Waals surface area contributed by atoms with Gasteiger partial charge in [-0.15, -0.1) is 0 Å². The average Bonchev–Trinajstić information content (AvgIpc) is 2.47. The molecule has 0 spiro atoms. The molecule has 0 aliphatic rings. The van der Waals surface area contributed by atoms with Gasteiger partial charge in [0.15, 0.2) is 0 Å². The van der Waals surface area contributed by atoms with Crippen LogP contribution in [0.15, 0.2) is 42.7 Å². The highest BCUT2D eigenvalue weighted by atomic mass is 16.1. The Hall–Kier alpha value is -2.36. The quantitative estimate of drug-likeness (QED) is 0.874. The van der Waals surface area contributed by atoms with Crippen molar-refractivity contribution in [1.29, 1.82) is 0 Å². The second-order valence-electron chi connectivity index (χ2n) is 4.67. The van der Waals surface area contributed by atoms with Crippen molar-refractivity contribution in [2.75, 3.05) is 17.2 Å². The number of aromatic nitrogens is 1. The maximum atomic E-state index is 12.3. The summed E-state index contributed by atoms with van der Waals surface area (Å²) in [5.41, 5.74) is 3.32. The van der Waals surface area contributed by atoms with Crippen molar-refractivity contribution in [2.45, 2.75) is 20.3 Å². The SMILES string of the molecule is CCCNc1cnccc1C(=O)Nc1ccc(C)cc1. The van der Waals surface area contributed by atoms with Crippen LogP contribution in [0.1, 0.15) is 29.3 Å². The van der Waals surface area contributed by atoms with Crippen molar-refractivity contribution >= 4 is 17.3 Å². The molecule has 0 aliphatic heterocycles. The summed E-state index contributed by atoms with van der Waals surface area (Å²) in [5, 5.41) is 6.11. The summed E-state index contributed by atoms with van der Waals surface area (Å²) in [5.74, 6) is -0.130. The number of carbonyl (C=O) groups is 1. The van der Waals surface area contributed by atoms with E-state index in [0.29, 0.717) is 5.56 Å². The van der Waals surface area contributed by atoms with Crippen LogP contribution in [-0.4, -0.2) is 17.4 Å². The second kappa shape index (κ2) is 6.70. The van der Waals surface area contributed by atoms with Gasteiger partial charge in [0.05, 0.1) is 17.4 Å². The molecule has 0 saturated heterocycles. The summed E-state index contributed by atoms with van der Waals surface area (Å²) in [6.45, 7) is 4.91. The van der Waals surface area contributed by atoms with Crippen LogP contribution < -0.4 is 10.6 Å². The highest BCUT2D eigenvalue weighted by Gasteiger charge is 2.11. The van der Waals surface area contributed by atoms with Crippen molar-refractivity contribution < 1.29 is 4.79 Å². The summed E-state index contributed by atoms with van der Waals surface area (Å²) < 4.78 is 0. The number of amides is 1. The number of pyridine rings is 1. The number of benzene rings is 1. The fourth-order valence-electron chi connectivity index (χ4n) is 1.83. The van der Waals surface area contributed by atoms with Gasteiger partial charge in [0.25, 0.3) is 5.91 Å². The van der Waals surface area contributed by atoms with Crippen LogP contribution in [0.5, 0.6) is 0 Å². The Morgan fingerprint density at radius 3 is 2.65 bits per heavy atom. The molecule has 1 heterocycles. The molecular weight excluding hydrogens is 250 g/mol. The predicted molar refractivity (Wildman–Crippen MR) is 82.1 cm³/mol. The third kappa shape index (κ3) is 3.57. The Balaban J connectivity index is 2.14. The highest BCUT2D eigenvalue weighted by Crippen LogP contribution is 2.16. The third-order valence-electron chi connectivity index (χ3n) is 2.94. The molecule has 1 amide bonds. The van der Waals surface area contributed by atoms with Gasteiger partial charge in [-0.2, -0.15) is 0 Å². The normalized spacial score (nSPS) is 10.1. The zero-order valence-electron chi connectivity index (χ0n) is 11.8. The lowest BCUT2D eigenvalue weighted by atomic mass is 10.2. The van der Waals surface area contributed by atoms with Gasteiger partial charge >= 0.3 is 0 Å². The average molecular weight is 269 g/mol. The molecule has 0 radical (unpaired) electrons. The van der Waals surface area contributed by atoms with E-state index >= 15 is 0 Å². The van der Waals surface area contributed by atoms with Gasteiger partial charge in [0, 0.05) is 18.4 Å². The summed E-state index contributed by atoms with van der Waals surface area (Å²) in [6.07, 6.45) is 4.30. The lowest BCUT2D eigenvalue weighted by molar-refractivity contribution is 0.102. The molecule has 0 unspecified atom stereocenters. The minimum atomic E-state index is -0.130. The topological polar surface area (TPSA) is 54.0 Å². The van der Waals surface area contributed by atoms with Gasteiger partial charge < -0.3 is 10.6 Å². The Labute approximate surface area is 119 Å². The zero-order valence-corrected chi connectivity index (χ0v) is 11.8. The molecule has 0 bridgehead atoms. The van der Waals surface area contributed by atoms with E-state index in [9.17, 15) is 4.79 Å². The van der Waals surface area contributed by atoms with E-state index in [1.165, 1.54) is 0 Å². The molecule has 4 nitrogen and oxygen atoms in total. The number of nitrogens with zero attached hydrogens (tertiary/aromatic N) is 1. The Bertz CT molecular complexity index is 579. The maximum absolute atomic E-state index is 12.3. The van der Waals surface area contributed by atoms with Gasteiger partial charge in [-0.3, -0.25) is 9.78 Å². The van der Waals surface area contributed by atoms with Crippen molar-refractivity contribution in [1.82, 2.24) is 4.98 Å². The Morgan fingerprint density at radius 1 is 1.20 bits per heavy atom. The van der Waals surface area contributed by atoms with Crippen molar-refractivity contribution in [3.63, 3.8) is 0 Å². The van der Waals surface area contributed by atoms with E-state index in [2.05, 4.69) is 22.5 Å². The van der Waals surface area contributed by atoms with Crippen molar-refractivity contribution in [2.24, 2.45) is 0 Å². The van der Waals surface area contributed by atoms with E-state index in [1.54, 1.807) is 18.5 Å². The number of carbonyl (C=O) groups excluding carboxylic acids is 1. The van der Waals surface area contributed by atoms with Gasteiger partial charge in [-0.05, 0) is 31.5 Å². The van der Waals surface area contributed by atoms with E-state index in [4.69, 9.17) is 0 Å². The number of hydrogen-bond donors (Lipinski definition) is 2. The third-order valence-corrected chi connectivity index (χ3v) is 2.94. The van der Waals surface area contributed by atoms with Crippen LogP contribution in [0.3, 0.4) is 0 Å². The van der Waals surface area contributed by atoms with Crippen molar-refractivity contribution in [3.8, 4) is 0 Å². The minimum Gasteiger partial charge on any atom is -0.383 e. The van der Waals surface area contributed by atoms with E-state index in [0.717, 1.165) is 29.9 Å². The van der Waals surface area contributed by atoms with Crippen LogP contribution in [0.2, 0.25) is 0 Å². The first kappa shape index (κ1) is 14.1. The number of hydrogen-bond acceptors (Lipinski definition) is 3. The lowest BCUT2D eigenvalue weighted by Crippen LogP contribution is -2.15. The predicted octanol–water partition coefficient (Wildman–Crippen LogP) is 3.46. The van der Waals surface area contributed by atoms with Crippen LogP contribution in [0.4, 0.5) is 11.4 Å². The first-order valence-corrected chi connectivity index (χ1v) is 6.76. The molecule has 20 heavy (non-hydrogen) atoms. The monoisotopic (exact) mass is 269 g/mol. The Morgan fingerprint density at radius 2 is 1.95 bits per heavy atom. The summed E-state index contributed by atoms with van der Waals surface area (Å²) >= 11 is 0. The number of anilines is 2. The fraction of sp³-hybridized carbons (Fsp3) is 0.250.